The normalized spacial score (nSPS) is 22.1. The molecule has 0 saturated carbocycles. The van der Waals surface area contributed by atoms with Gasteiger partial charge in [-0.3, -0.25) is 4.98 Å². The highest BCUT2D eigenvalue weighted by atomic mass is 16.6. The first-order valence-corrected chi connectivity index (χ1v) is 5.48. The lowest BCUT2D eigenvalue weighted by atomic mass is 9.95. The summed E-state index contributed by atoms with van der Waals surface area (Å²) in [5.41, 5.74) is 1.60. The van der Waals surface area contributed by atoms with Crippen LogP contribution < -0.4 is 0 Å². The van der Waals surface area contributed by atoms with Crippen LogP contribution in [0.3, 0.4) is 0 Å². The van der Waals surface area contributed by atoms with Crippen molar-refractivity contribution in [3.8, 4) is 0 Å². The third-order valence-corrected chi connectivity index (χ3v) is 2.66. The van der Waals surface area contributed by atoms with Crippen molar-refractivity contribution in [2.75, 3.05) is 0 Å². The Kier molecular flexibility index (Phi) is 3.11. The smallest absolute Gasteiger partial charge is 0.238 e. The molecule has 0 amide bonds. The topological polar surface area (TPSA) is 42.4 Å². The lowest BCUT2D eigenvalue weighted by molar-refractivity contribution is -0.185. The first-order chi connectivity index (χ1) is 8.19. The number of nitrogens with zero attached hydrogens (tertiary/aromatic N) is 1. The van der Waals surface area contributed by atoms with Gasteiger partial charge in [0.2, 0.25) is 5.79 Å². The average molecular weight is 229 g/mol. The van der Waals surface area contributed by atoms with E-state index in [0.717, 1.165) is 11.1 Å². The van der Waals surface area contributed by atoms with Gasteiger partial charge in [0.1, 0.15) is 5.76 Å². The molecule has 88 valence electrons. The van der Waals surface area contributed by atoms with Gasteiger partial charge in [0.05, 0.1) is 0 Å². The van der Waals surface area contributed by atoms with E-state index in [1.807, 2.05) is 6.08 Å². The van der Waals surface area contributed by atoms with Crippen LogP contribution in [-0.2, 0) is 10.5 Å². The van der Waals surface area contributed by atoms with Crippen molar-refractivity contribution in [3.05, 3.63) is 60.7 Å². The van der Waals surface area contributed by atoms with Crippen LogP contribution in [0.5, 0.6) is 0 Å². The molecule has 1 atom stereocenters. The number of allylic oxidation sites excluding steroid dienone is 1. The molecule has 2 heterocycles. The number of aromatic nitrogens is 1. The van der Waals surface area contributed by atoms with E-state index in [4.69, 9.17) is 4.74 Å². The molecule has 1 aliphatic heterocycles. The van der Waals surface area contributed by atoms with Crippen LogP contribution in [0.1, 0.15) is 24.0 Å². The standard InChI is InChI=1S/C14H15NO2/c1-3-5-12-9-11-10-15-8-6-13(11)14(16,17-12)7-4-2/h3-4,6,8-10,16H,1-2,5,7H2. The number of hydrogen-bond acceptors (Lipinski definition) is 3. The van der Waals surface area contributed by atoms with Crippen LogP contribution >= 0.6 is 0 Å². The summed E-state index contributed by atoms with van der Waals surface area (Å²) in [6, 6.07) is 1.76. The zero-order chi connectivity index (χ0) is 12.3. The highest BCUT2D eigenvalue weighted by Gasteiger charge is 2.35. The Labute approximate surface area is 101 Å². The summed E-state index contributed by atoms with van der Waals surface area (Å²) in [5, 5.41) is 10.5. The minimum Gasteiger partial charge on any atom is -0.462 e. The summed E-state index contributed by atoms with van der Waals surface area (Å²) in [7, 11) is 0. The number of fused-ring (bicyclic) bond motifs is 1. The molecule has 1 aromatic heterocycles. The zero-order valence-electron chi connectivity index (χ0n) is 9.60. The number of aliphatic hydroxyl groups is 1. The highest BCUT2D eigenvalue weighted by Crippen LogP contribution is 2.37. The van der Waals surface area contributed by atoms with E-state index in [9.17, 15) is 5.11 Å². The van der Waals surface area contributed by atoms with Crippen molar-refractivity contribution in [3.63, 3.8) is 0 Å². The van der Waals surface area contributed by atoms with E-state index in [0.29, 0.717) is 18.6 Å². The summed E-state index contributed by atoms with van der Waals surface area (Å²) < 4.78 is 5.63. The molecule has 0 aromatic carbocycles. The van der Waals surface area contributed by atoms with Crippen molar-refractivity contribution in [2.24, 2.45) is 0 Å². The second kappa shape index (κ2) is 4.55. The molecular formula is C14H15NO2. The molecule has 0 aliphatic carbocycles. The van der Waals surface area contributed by atoms with Crippen molar-refractivity contribution in [1.29, 1.82) is 0 Å². The molecule has 0 spiro atoms. The molecular weight excluding hydrogens is 214 g/mol. The van der Waals surface area contributed by atoms with Gasteiger partial charge in [0.25, 0.3) is 0 Å². The second-order valence-corrected chi connectivity index (χ2v) is 3.95. The van der Waals surface area contributed by atoms with Gasteiger partial charge in [-0.15, -0.1) is 13.2 Å². The van der Waals surface area contributed by atoms with Gasteiger partial charge in [-0.2, -0.15) is 0 Å². The Bertz CT molecular complexity index is 479. The number of rotatable bonds is 4. The van der Waals surface area contributed by atoms with Gasteiger partial charge >= 0.3 is 0 Å². The van der Waals surface area contributed by atoms with Crippen LogP contribution in [0.25, 0.3) is 6.08 Å². The minimum absolute atomic E-state index is 0.332. The van der Waals surface area contributed by atoms with Crippen molar-refractivity contribution in [2.45, 2.75) is 18.6 Å². The van der Waals surface area contributed by atoms with E-state index in [2.05, 4.69) is 18.1 Å². The number of hydrogen-bond donors (Lipinski definition) is 1. The van der Waals surface area contributed by atoms with Gasteiger partial charge in [-0.05, 0) is 12.1 Å². The average Bonchev–Trinajstić information content (AvgIpc) is 2.29. The summed E-state index contributed by atoms with van der Waals surface area (Å²) >= 11 is 0. The predicted octanol–water partition coefficient (Wildman–Crippen LogP) is 2.75. The molecule has 0 radical (unpaired) electrons. The third-order valence-electron chi connectivity index (χ3n) is 2.66. The molecule has 0 bridgehead atoms. The van der Waals surface area contributed by atoms with E-state index in [1.165, 1.54) is 0 Å². The number of pyridine rings is 1. The van der Waals surface area contributed by atoms with Gasteiger partial charge in [-0.1, -0.05) is 12.2 Å². The third kappa shape index (κ3) is 2.15. The van der Waals surface area contributed by atoms with Gasteiger partial charge in [0.15, 0.2) is 0 Å². The summed E-state index contributed by atoms with van der Waals surface area (Å²) in [6.45, 7) is 7.31. The molecule has 3 heteroatoms. The molecule has 1 unspecified atom stereocenters. The molecule has 1 N–H and O–H groups in total. The fourth-order valence-electron chi connectivity index (χ4n) is 1.94. The van der Waals surface area contributed by atoms with E-state index >= 15 is 0 Å². The SMILES string of the molecule is C=CCC1=Cc2cnccc2C(O)(CC=C)O1. The maximum atomic E-state index is 10.5. The maximum absolute atomic E-state index is 10.5. The van der Waals surface area contributed by atoms with E-state index < -0.39 is 5.79 Å². The van der Waals surface area contributed by atoms with Crippen molar-refractivity contribution < 1.29 is 9.84 Å². The van der Waals surface area contributed by atoms with Crippen LogP contribution in [0, 0.1) is 0 Å². The Morgan fingerprint density at radius 1 is 1.41 bits per heavy atom. The van der Waals surface area contributed by atoms with Crippen molar-refractivity contribution >= 4 is 6.08 Å². The molecule has 17 heavy (non-hydrogen) atoms. The summed E-state index contributed by atoms with van der Waals surface area (Å²) in [4.78, 5) is 4.06. The fourth-order valence-corrected chi connectivity index (χ4v) is 1.94. The van der Waals surface area contributed by atoms with E-state index in [-0.39, 0.29) is 0 Å². The quantitative estimate of drug-likeness (QED) is 0.807. The molecule has 0 saturated heterocycles. The maximum Gasteiger partial charge on any atom is 0.238 e. The second-order valence-electron chi connectivity index (χ2n) is 3.95. The van der Waals surface area contributed by atoms with Gasteiger partial charge in [0, 0.05) is 36.4 Å². The molecule has 2 rings (SSSR count). The molecule has 3 nitrogen and oxygen atoms in total. The molecule has 1 aliphatic rings. The molecule has 1 aromatic rings. The van der Waals surface area contributed by atoms with E-state index in [1.54, 1.807) is 30.6 Å². The van der Waals surface area contributed by atoms with Gasteiger partial charge in [-0.25, -0.2) is 0 Å². The number of ether oxygens (including phenoxy) is 1. The Hall–Kier alpha value is -1.87. The van der Waals surface area contributed by atoms with Gasteiger partial charge < -0.3 is 9.84 Å². The summed E-state index contributed by atoms with van der Waals surface area (Å²) in [6.07, 6.45) is 9.52. The summed E-state index contributed by atoms with van der Waals surface area (Å²) in [5.74, 6) is -0.655. The van der Waals surface area contributed by atoms with Crippen molar-refractivity contribution in [1.82, 2.24) is 4.98 Å². The Morgan fingerprint density at radius 3 is 2.94 bits per heavy atom. The molecule has 0 fully saturated rings. The zero-order valence-corrected chi connectivity index (χ0v) is 9.60. The van der Waals surface area contributed by atoms with Crippen LogP contribution in [0.2, 0.25) is 0 Å². The Morgan fingerprint density at radius 2 is 2.24 bits per heavy atom. The monoisotopic (exact) mass is 229 g/mol. The minimum atomic E-state index is -1.34. The first kappa shape index (κ1) is 11.6. The van der Waals surface area contributed by atoms with Crippen LogP contribution in [-0.4, -0.2) is 10.1 Å². The van der Waals surface area contributed by atoms with Crippen LogP contribution in [0.4, 0.5) is 0 Å². The first-order valence-electron chi connectivity index (χ1n) is 5.48. The lowest BCUT2D eigenvalue weighted by Gasteiger charge is -2.33. The fraction of sp³-hybridized carbons (Fsp3) is 0.214. The predicted molar refractivity (Wildman–Crippen MR) is 66.8 cm³/mol. The Balaban J connectivity index is 2.48. The van der Waals surface area contributed by atoms with Crippen LogP contribution in [0.15, 0.2) is 49.5 Å². The lowest BCUT2D eigenvalue weighted by Crippen LogP contribution is -2.31. The highest BCUT2D eigenvalue weighted by molar-refractivity contribution is 5.58. The largest absolute Gasteiger partial charge is 0.462 e.